The number of rotatable bonds is 1. The van der Waals surface area contributed by atoms with Gasteiger partial charge in [-0.1, -0.05) is 5.92 Å². The van der Waals surface area contributed by atoms with Crippen LogP contribution in [-0.2, 0) is 5.41 Å². The molecule has 1 fully saturated rings. The fraction of sp³-hybridized carbons (Fsp3) is 0.364. The van der Waals surface area contributed by atoms with Crippen molar-refractivity contribution in [2.24, 2.45) is 0 Å². The highest BCUT2D eigenvalue weighted by Crippen LogP contribution is 2.47. The molecule has 0 radical (unpaired) electrons. The van der Waals surface area contributed by atoms with Crippen molar-refractivity contribution in [2.45, 2.75) is 25.2 Å². The van der Waals surface area contributed by atoms with E-state index < -0.39 is 0 Å². The molecule has 0 bridgehead atoms. The van der Waals surface area contributed by atoms with E-state index >= 15 is 0 Å². The monoisotopic (exact) mass is 157 g/mol. The first-order valence-electron chi connectivity index (χ1n) is 4.18. The van der Waals surface area contributed by atoms with Gasteiger partial charge in [0, 0.05) is 11.9 Å². The minimum absolute atomic E-state index is 0.0632. The van der Waals surface area contributed by atoms with E-state index in [1.54, 1.807) is 0 Å². The summed E-state index contributed by atoms with van der Waals surface area (Å²) >= 11 is 0. The van der Waals surface area contributed by atoms with Crippen LogP contribution in [0.5, 0.6) is 0 Å². The maximum atomic E-state index is 5.48. The van der Waals surface area contributed by atoms with Gasteiger partial charge in [0.15, 0.2) is 0 Å². The number of hydrogen-bond acceptors (Lipinski definition) is 1. The molecule has 0 unspecified atom stereocenters. The average molecular weight is 157 g/mol. The van der Waals surface area contributed by atoms with Crippen LogP contribution >= 0.6 is 0 Å². The third kappa shape index (κ3) is 1.00. The van der Waals surface area contributed by atoms with E-state index in [0.717, 1.165) is 18.5 Å². The van der Waals surface area contributed by atoms with E-state index in [9.17, 15) is 0 Å². The quantitative estimate of drug-likeness (QED) is 0.568. The predicted molar refractivity (Wildman–Crippen MR) is 48.7 cm³/mol. The highest BCUT2D eigenvalue weighted by atomic mass is 14.7. The molecule has 0 N–H and O–H groups in total. The van der Waals surface area contributed by atoms with Crippen molar-refractivity contribution in [3.63, 3.8) is 0 Å². The Balaban J connectivity index is 2.42. The van der Waals surface area contributed by atoms with Gasteiger partial charge in [0.05, 0.1) is 5.41 Å². The summed E-state index contributed by atoms with van der Waals surface area (Å²) in [5.41, 5.74) is 2.37. The van der Waals surface area contributed by atoms with Crippen LogP contribution in [0, 0.1) is 19.3 Å². The smallest absolute Gasteiger partial charge is 0.0562 e. The molecule has 1 aromatic heterocycles. The first kappa shape index (κ1) is 7.36. The third-order valence-electron chi connectivity index (χ3n) is 2.48. The van der Waals surface area contributed by atoms with Crippen LogP contribution in [0.1, 0.15) is 24.1 Å². The van der Waals surface area contributed by atoms with Gasteiger partial charge >= 0.3 is 0 Å². The van der Waals surface area contributed by atoms with Crippen molar-refractivity contribution in [1.29, 1.82) is 0 Å². The minimum atomic E-state index is 0.0632. The van der Waals surface area contributed by atoms with Crippen LogP contribution in [0.25, 0.3) is 0 Å². The van der Waals surface area contributed by atoms with E-state index in [4.69, 9.17) is 6.42 Å². The number of aromatic nitrogens is 1. The van der Waals surface area contributed by atoms with Gasteiger partial charge < -0.3 is 0 Å². The van der Waals surface area contributed by atoms with Crippen molar-refractivity contribution < 1.29 is 0 Å². The third-order valence-corrected chi connectivity index (χ3v) is 2.48. The van der Waals surface area contributed by atoms with E-state index in [0.29, 0.717) is 0 Å². The molecule has 1 saturated carbocycles. The molecular weight excluding hydrogens is 146 g/mol. The zero-order valence-electron chi connectivity index (χ0n) is 7.17. The Morgan fingerprint density at radius 2 is 2.33 bits per heavy atom. The molecule has 2 rings (SSSR count). The normalized spacial score (nSPS) is 18.3. The van der Waals surface area contributed by atoms with Gasteiger partial charge in [-0.15, -0.1) is 6.42 Å². The van der Waals surface area contributed by atoms with Crippen molar-refractivity contribution in [3.05, 3.63) is 29.6 Å². The Hall–Kier alpha value is -1.29. The number of aryl methyl sites for hydroxylation is 1. The zero-order valence-corrected chi connectivity index (χ0v) is 7.17. The second kappa shape index (κ2) is 2.35. The van der Waals surface area contributed by atoms with Crippen molar-refractivity contribution in [2.75, 3.05) is 0 Å². The molecule has 1 aliphatic rings. The number of pyridine rings is 1. The maximum Gasteiger partial charge on any atom is 0.0562 e. The molecule has 1 heterocycles. The molecule has 1 aromatic rings. The minimum Gasteiger partial charge on any atom is -0.262 e. The molecule has 1 heteroatoms. The van der Waals surface area contributed by atoms with Gasteiger partial charge in [-0.3, -0.25) is 4.98 Å². The van der Waals surface area contributed by atoms with Crippen LogP contribution in [0.2, 0.25) is 0 Å². The van der Waals surface area contributed by atoms with Crippen LogP contribution in [-0.4, -0.2) is 4.98 Å². The largest absolute Gasteiger partial charge is 0.262 e. The van der Waals surface area contributed by atoms with Gasteiger partial charge in [-0.2, -0.15) is 0 Å². The molecule has 1 aliphatic carbocycles. The van der Waals surface area contributed by atoms with Gasteiger partial charge in [-0.25, -0.2) is 0 Å². The second-order valence-electron chi connectivity index (χ2n) is 3.41. The van der Waals surface area contributed by atoms with Crippen LogP contribution in [0.3, 0.4) is 0 Å². The molecular formula is C11H11N. The van der Waals surface area contributed by atoms with Crippen LogP contribution in [0.15, 0.2) is 18.3 Å². The molecule has 1 nitrogen and oxygen atoms in total. The molecule has 60 valence electrons. The fourth-order valence-electron chi connectivity index (χ4n) is 1.48. The molecule has 0 aromatic carbocycles. The van der Waals surface area contributed by atoms with Gasteiger partial charge in [0.2, 0.25) is 0 Å². The van der Waals surface area contributed by atoms with Crippen molar-refractivity contribution >= 4 is 0 Å². The van der Waals surface area contributed by atoms with Gasteiger partial charge in [-0.05, 0) is 37.5 Å². The van der Waals surface area contributed by atoms with Crippen LogP contribution in [0.4, 0.5) is 0 Å². The summed E-state index contributed by atoms with van der Waals surface area (Å²) in [4.78, 5) is 4.15. The zero-order chi connectivity index (χ0) is 8.60. The second-order valence-corrected chi connectivity index (χ2v) is 3.41. The molecule has 0 aliphatic heterocycles. The lowest BCUT2D eigenvalue weighted by atomic mass is 9.98. The highest BCUT2D eigenvalue weighted by molar-refractivity contribution is 5.40. The summed E-state index contributed by atoms with van der Waals surface area (Å²) in [6.45, 7) is 2.00. The SMILES string of the molecule is C#CC1(c2ccnc(C)c2)CC1. The standard InChI is InChI=1S/C11H11N/c1-3-11(5-6-11)10-4-7-12-9(2)8-10/h1,4,7-8H,5-6H2,2H3. The number of nitrogens with zero attached hydrogens (tertiary/aromatic N) is 1. The highest BCUT2D eigenvalue weighted by Gasteiger charge is 2.42. The Bertz CT molecular complexity index is 342. The van der Waals surface area contributed by atoms with E-state index in [2.05, 4.69) is 17.0 Å². The first-order valence-corrected chi connectivity index (χ1v) is 4.18. The maximum absolute atomic E-state index is 5.48. The summed E-state index contributed by atoms with van der Waals surface area (Å²) in [5, 5.41) is 0. The van der Waals surface area contributed by atoms with Crippen molar-refractivity contribution in [1.82, 2.24) is 4.98 Å². The number of hydrogen-bond donors (Lipinski definition) is 0. The molecule has 12 heavy (non-hydrogen) atoms. The molecule has 0 spiro atoms. The van der Waals surface area contributed by atoms with Gasteiger partial charge in [0.25, 0.3) is 0 Å². The predicted octanol–water partition coefficient (Wildman–Crippen LogP) is 2.05. The fourth-order valence-corrected chi connectivity index (χ4v) is 1.48. The lowest BCUT2D eigenvalue weighted by Crippen LogP contribution is -2.02. The average Bonchev–Trinajstić information content (AvgIpc) is 2.84. The summed E-state index contributed by atoms with van der Waals surface area (Å²) in [7, 11) is 0. The topological polar surface area (TPSA) is 12.9 Å². The molecule has 0 atom stereocenters. The Morgan fingerprint density at radius 1 is 1.58 bits per heavy atom. The van der Waals surface area contributed by atoms with E-state index in [1.165, 1.54) is 5.56 Å². The lowest BCUT2D eigenvalue weighted by Gasteiger charge is -2.07. The van der Waals surface area contributed by atoms with Gasteiger partial charge in [0.1, 0.15) is 0 Å². The lowest BCUT2D eigenvalue weighted by molar-refractivity contribution is 0.918. The van der Waals surface area contributed by atoms with Crippen molar-refractivity contribution in [3.8, 4) is 12.3 Å². The Kier molecular flexibility index (Phi) is 1.44. The first-order chi connectivity index (χ1) is 5.77. The Labute approximate surface area is 72.8 Å². The number of terminal acetylenes is 1. The molecule has 0 amide bonds. The summed E-state index contributed by atoms with van der Waals surface area (Å²) in [6.07, 6.45) is 9.58. The summed E-state index contributed by atoms with van der Waals surface area (Å²) in [6, 6.07) is 4.12. The van der Waals surface area contributed by atoms with E-state index in [1.807, 2.05) is 19.2 Å². The molecule has 0 saturated heterocycles. The van der Waals surface area contributed by atoms with E-state index in [-0.39, 0.29) is 5.41 Å². The summed E-state index contributed by atoms with van der Waals surface area (Å²) < 4.78 is 0. The van der Waals surface area contributed by atoms with Crippen LogP contribution < -0.4 is 0 Å². The Morgan fingerprint density at radius 3 is 2.83 bits per heavy atom. The summed E-state index contributed by atoms with van der Waals surface area (Å²) in [5.74, 6) is 2.87.